The molecule has 0 N–H and O–H groups in total. The van der Waals surface area contributed by atoms with E-state index in [1.54, 1.807) is 12.1 Å². The second-order valence-corrected chi connectivity index (χ2v) is 10.5. The second-order valence-electron chi connectivity index (χ2n) is 10.5. The number of hydrogen-bond acceptors (Lipinski definition) is 0. The molecule has 0 spiro atoms. The van der Waals surface area contributed by atoms with Crippen LogP contribution in [0.4, 0.5) is 8.78 Å². The van der Waals surface area contributed by atoms with Crippen LogP contribution in [0.5, 0.6) is 0 Å². The van der Waals surface area contributed by atoms with E-state index in [9.17, 15) is 8.78 Å². The molecule has 4 heteroatoms. The molecule has 41 heavy (non-hydrogen) atoms. The average molecular weight is 535 g/mol. The minimum absolute atomic E-state index is 0.243. The summed E-state index contributed by atoms with van der Waals surface area (Å²) < 4.78 is 32.7. The quantitative estimate of drug-likeness (QED) is 0.213. The number of fused-ring (bicyclic) bond motifs is 6. The van der Waals surface area contributed by atoms with E-state index < -0.39 is 0 Å². The first kappa shape index (κ1) is 23.6. The number of hydrogen-bond donors (Lipinski definition) is 0. The fourth-order valence-electron chi connectivity index (χ4n) is 6.21. The molecule has 0 radical (unpaired) electrons. The van der Waals surface area contributed by atoms with Crippen LogP contribution < -0.4 is 0 Å². The van der Waals surface area contributed by atoms with Crippen molar-refractivity contribution in [3.05, 3.63) is 156 Å². The summed E-state index contributed by atoms with van der Waals surface area (Å²) in [5, 5.41) is 4.30. The lowest BCUT2D eigenvalue weighted by Crippen LogP contribution is -1.96. The Morgan fingerprint density at radius 2 is 0.780 bits per heavy atom. The summed E-state index contributed by atoms with van der Waals surface area (Å²) in [4.78, 5) is 0. The first-order valence-corrected chi connectivity index (χ1v) is 13.7. The van der Waals surface area contributed by atoms with E-state index in [1.165, 1.54) is 23.3 Å². The summed E-state index contributed by atoms with van der Waals surface area (Å²) in [6.07, 6.45) is 0.782. The zero-order chi connectivity index (χ0) is 27.5. The van der Waals surface area contributed by atoms with Gasteiger partial charge in [0, 0.05) is 32.9 Å². The summed E-state index contributed by atoms with van der Waals surface area (Å²) >= 11 is 0. The van der Waals surface area contributed by atoms with Gasteiger partial charge in [0.1, 0.15) is 11.6 Å². The SMILES string of the molecule is Fc1ccc2c3ccccc3n(-c3ccc(Cc4ccc(-n5c6ccccc6c6ccc(F)cc65)cc4)cc3)c2c1. The highest BCUT2D eigenvalue weighted by atomic mass is 19.1. The zero-order valence-electron chi connectivity index (χ0n) is 22.1. The predicted octanol–water partition coefficient (Wildman–Crippen LogP) is 9.75. The highest BCUT2D eigenvalue weighted by Crippen LogP contribution is 2.34. The number of benzene rings is 6. The number of nitrogens with zero attached hydrogens (tertiary/aromatic N) is 2. The highest BCUT2D eigenvalue weighted by Gasteiger charge is 2.14. The Bertz CT molecular complexity index is 2080. The van der Waals surface area contributed by atoms with Gasteiger partial charge in [0.25, 0.3) is 0 Å². The van der Waals surface area contributed by atoms with Crippen LogP contribution in [0.3, 0.4) is 0 Å². The molecule has 0 aliphatic heterocycles. The van der Waals surface area contributed by atoms with Crippen LogP contribution in [0.25, 0.3) is 55.0 Å². The van der Waals surface area contributed by atoms with E-state index in [2.05, 4.69) is 81.9 Å². The molecule has 6 aromatic carbocycles. The van der Waals surface area contributed by atoms with Crippen molar-refractivity contribution in [2.45, 2.75) is 6.42 Å². The molecule has 2 nitrogen and oxygen atoms in total. The van der Waals surface area contributed by atoms with Crippen molar-refractivity contribution >= 4 is 43.6 Å². The Labute approximate surface area is 235 Å². The van der Waals surface area contributed by atoms with Crippen molar-refractivity contribution in [1.29, 1.82) is 0 Å². The summed E-state index contributed by atoms with van der Waals surface area (Å²) in [5.74, 6) is -0.486. The molecule has 2 aromatic heterocycles. The van der Waals surface area contributed by atoms with Crippen LogP contribution in [0.15, 0.2) is 133 Å². The van der Waals surface area contributed by atoms with Gasteiger partial charge >= 0.3 is 0 Å². The maximum absolute atomic E-state index is 14.2. The lowest BCUT2D eigenvalue weighted by Gasteiger charge is -2.11. The first-order valence-electron chi connectivity index (χ1n) is 13.7. The fourth-order valence-corrected chi connectivity index (χ4v) is 6.21. The van der Waals surface area contributed by atoms with Gasteiger partial charge in [-0.05, 0) is 90.3 Å². The summed E-state index contributed by atoms with van der Waals surface area (Å²) in [6.45, 7) is 0. The Morgan fingerprint density at radius 1 is 0.390 bits per heavy atom. The molecule has 2 heterocycles. The van der Waals surface area contributed by atoms with Gasteiger partial charge in [-0.15, -0.1) is 0 Å². The van der Waals surface area contributed by atoms with Gasteiger partial charge in [-0.25, -0.2) is 8.78 Å². The topological polar surface area (TPSA) is 9.86 Å². The lowest BCUT2D eigenvalue weighted by atomic mass is 10.0. The molecule has 0 aliphatic rings. The Kier molecular flexibility index (Phi) is 5.29. The molecule has 0 bridgehead atoms. The molecule has 0 unspecified atom stereocenters. The number of para-hydroxylation sites is 2. The molecule has 0 atom stereocenters. The van der Waals surface area contributed by atoms with E-state index in [0.29, 0.717) is 0 Å². The van der Waals surface area contributed by atoms with Crippen molar-refractivity contribution in [2.75, 3.05) is 0 Å². The van der Waals surface area contributed by atoms with E-state index in [0.717, 1.165) is 61.4 Å². The van der Waals surface area contributed by atoms with Gasteiger partial charge in [-0.3, -0.25) is 0 Å². The maximum atomic E-state index is 14.2. The number of aromatic nitrogens is 2. The van der Waals surface area contributed by atoms with Gasteiger partial charge in [-0.1, -0.05) is 60.7 Å². The number of rotatable bonds is 4. The predicted molar refractivity (Wildman–Crippen MR) is 164 cm³/mol. The molecule has 0 saturated carbocycles. The molecule has 196 valence electrons. The minimum Gasteiger partial charge on any atom is -0.309 e. The molecule has 0 fully saturated rings. The summed E-state index contributed by atoms with van der Waals surface area (Å²) in [5.41, 5.74) is 8.21. The summed E-state index contributed by atoms with van der Waals surface area (Å²) in [7, 11) is 0. The van der Waals surface area contributed by atoms with Crippen molar-refractivity contribution in [1.82, 2.24) is 9.13 Å². The Balaban J connectivity index is 1.13. The molecule has 0 saturated heterocycles. The smallest absolute Gasteiger partial charge is 0.125 e. The zero-order valence-corrected chi connectivity index (χ0v) is 22.1. The van der Waals surface area contributed by atoms with Gasteiger partial charge in [0.05, 0.1) is 22.1 Å². The highest BCUT2D eigenvalue weighted by molar-refractivity contribution is 6.10. The molecule has 0 amide bonds. The van der Waals surface area contributed by atoms with Crippen LogP contribution in [-0.4, -0.2) is 9.13 Å². The lowest BCUT2D eigenvalue weighted by molar-refractivity contribution is 0.629. The minimum atomic E-state index is -0.243. The van der Waals surface area contributed by atoms with Crippen LogP contribution in [-0.2, 0) is 6.42 Å². The van der Waals surface area contributed by atoms with Gasteiger partial charge in [0.15, 0.2) is 0 Å². The number of halogens is 2. The van der Waals surface area contributed by atoms with Gasteiger partial charge < -0.3 is 9.13 Å². The molecule has 0 aliphatic carbocycles. The normalized spacial score (nSPS) is 11.8. The van der Waals surface area contributed by atoms with E-state index in [1.807, 2.05) is 36.4 Å². The fraction of sp³-hybridized carbons (Fsp3) is 0.0270. The average Bonchev–Trinajstić information content (AvgIpc) is 3.50. The first-order chi connectivity index (χ1) is 20.1. The van der Waals surface area contributed by atoms with Crippen molar-refractivity contribution < 1.29 is 8.78 Å². The van der Waals surface area contributed by atoms with E-state index >= 15 is 0 Å². The maximum Gasteiger partial charge on any atom is 0.125 e. The van der Waals surface area contributed by atoms with Crippen molar-refractivity contribution in [2.24, 2.45) is 0 Å². The second kappa shape index (κ2) is 9.17. The molecular formula is C37H24F2N2. The van der Waals surface area contributed by atoms with Crippen LogP contribution in [0.2, 0.25) is 0 Å². The van der Waals surface area contributed by atoms with Crippen molar-refractivity contribution in [3.8, 4) is 11.4 Å². The Morgan fingerprint density at radius 3 is 1.22 bits per heavy atom. The summed E-state index contributed by atoms with van der Waals surface area (Å²) in [6, 6.07) is 43.3. The Hall–Kier alpha value is -5.22. The van der Waals surface area contributed by atoms with Crippen LogP contribution in [0, 0.1) is 11.6 Å². The third kappa shape index (κ3) is 3.83. The van der Waals surface area contributed by atoms with Crippen LogP contribution in [0.1, 0.15) is 11.1 Å². The third-order valence-corrected chi connectivity index (χ3v) is 8.07. The molecule has 8 aromatic rings. The standard InChI is InChI=1S/C37H24F2N2/c38-26-13-19-32-30-5-1-3-7-34(30)40(36(32)22-26)28-15-9-24(10-16-28)21-25-11-17-29(18-12-25)41-35-8-4-2-6-31(35)33-20-14-27(39)23-37(33)41/h1-20,22-23H,21H2. The largest absolute Gasteiger partial charge is 0.309 e. The van der Waals surface area contributed by atoms with Crippen LogP contribution >= 0.6 is 0 Å². The molecular weight excluding hydrogens is 510 g/mol. The van der Waals surface area contributed by atoms with Gasteiger partial charge in [0.2, 0.25) is 0 Å². The third-order valence-electron chi connectivity index (χ3n) is 8.07. The van der Waals surface area contributed by atoms with Gasteiger partial charge in [-0.2, -0.15) is 0 Å². The van der Waals surface area contributed by atoms with E-state index in [4.69, 9.17) is 0 Å². The van der Waals surface area contributed by atoms with Crippen molar-refractivity contribution in [3.63, 3.8) is 0 Å². The van der Waals surface area contributed by atoms with E-state index in [-0.39, 0.29) is 11.6 Å². The monoisotopic (exact) mass is 534 g/mol. The molecule has 8 rings (SSSR count).